The Kier molecular flexibility index (Phi) is 4.86. The van der Waals surface area contributed by atoms with E-state index >= 15 is 0 Å². The molecular formula is C15H15BrN2O3S2. The molecule has 2 aromatic rings. The fourth-order valence-electron chi connectivity index (χ4n) is 2.47. The van der Waals surface area contributed by atoms with Gasteiger partial charge in [0.1, 0.15) is 4.21 Å². The Bertz CT molecular complexity index is 798. The molecule has 0 spiro atoms. The van der Waals surface area contributed by atoms with E-state index in [0.29, 0.717) is 36.0 Å². The van der Waals surface area contributed by atoms with Crippen LogP contribution in [0.4, 0.5) is 0 Å². The molecule has 8 heteroatoms. The average molecular weight is 415 g/mol. The summed E-state index contributed by atoms with van der Waals surface area (Å²) in [5.41, 5.74) is 0.599. The van der Waals surface area contributed by atoms with Gasteiger partial charge in [0.25, 0.3) is 15.9 Å². The Morgan fingerprint density at radius 2 is 1.74 bits per heavy atom. The molecule has 1 saturated heterocycles. The number of hydrogen-bond acceptors (Lipinski definition) is 4. The molecule has 5 nitrogen and oxygen atoms in total. The van der Waals surface area contributed by atoms with Gasteiger partial charge in [0.15, 0.2) is 0 Å². The molecule has 0 atom stereocenters. The van der Waals surface area contributed by atoms with E-state index in [9.17, 15) is 13.2 Å². The molecule has 1 aromatic carbocycles. The topological polar surface area (TPSA) is 57.7 Å². The second kappa shape index (κ2) is 6.72. The quantitative estimate of drug-likeness (QED) is 0.775. The van der Waals surface area contributed by atoms with Crippen molar-refractivity contribution < 1.29 is 13.2 Å². The SMILES string of the molecule is O=C(c1ccccc1Br)N1CCN(S(=O)(=O)c2cccs2)CC1. The Labute approximate surface area is 147 Å². The highest BCUT2D eigenvalue weighted by atomic mass is 79.9. The maximum Gasteiger partial charge on any atom is 0.255 e. The zero-order valence-corrected chi connectivity index (χ0v) is 15.4. The molecule has 1 aliphatic rings. The van der Waals surface area contributed by atoms with E-state index in [0.717, 1.165) is 4.47 Å². The van der Waals surface area contributed by atoms with Gasteiger partial charge < -0.3 is 4.90 Å². The van der Waals surface area contributed by atoms with Crippen LogP contribution in [0, 0.1) is 0 Å². The molecule has 23 heavy (non-hydrogen) atoms. The summed E-state index contributed by atoms with van der Waals surface area (Å²) in [7, 11) is -3.44. The summed E-state index contributed by atoms with van der Waals surface area (Å²) in [5, 5.41) is 1.75. The summed E-state index contributed by atoms with van der Waals surface area (Å²) in [6, 6.07) is 10.6. The molecular weight excluding hydrogens is 400 g/mol. The highest BCUT2D eigenvalue weighted by molar-refractivity contribution is 9.10. The van der Waals surface area contributed by atoms with E-state index in [4.69, 9.17) is 0 Å². The van der Waals surface area contributed by atoms with Crippen molar-refractivity contribution in [1.82, 2.24) is 9.21 Å². The smallest absolute Gasteiger partial charge is 0.255 e. The Balaban J connectivity index is 1.70. The molecule has 1 aromatic heterocycles. The van der Waals surface area contributed by atoms with Gasteiger partial charge in [-0.05, 0) is 39.5 Å². The lowest BCUT2D eigenvalue weighted by Gasteiger charge is -2.33. The zero-order chi connectivity index (χ0) is 16.4. The molecule has 2 heterocycles. The summed E-state index contributed by atoms with van der Waals surface area (Å²) in [4.78, 5) is 14.2. The first kappa shape index (κ1) is 16.6. The standard InChI is InChI=1S/C15H15BrN2O3S2/c16-13-5-2-1-4-12(13)15(19)17-7-9-18(10-8-17)23(20,21)14-6-3-11-22-14/h1-6,11H,7-10H2. The van der Waals surface area contributed by atoms with E-state index in [2.05, 4.69) is 15.9 Å². The van der Waals surface area contributed by atoms with Gasteiger partial charge in [0.2, 0.25) is 0 Å². The number of rotatable bonds is 3. The number of carbonyl (C=O) groups is 1. The molecule has 0 saturated carbocycles. The molecule has 0 bridgehead atoms. The number of halogens is 1. The predicted octanol–water partition coefficient (Wildman–Crippen LogP) is 2.66. The van der Waals surface area contributed by atoms with E-state index in [1.54, 1.807) is 28.5 Å². The third-order valence-electron chi connectivity index (χ3n) is 3.72. The number of nitrogens with zero attached hydrogens (tertiary/aromatic N) is 2. The molecule has 1 amide bonds. The minimum absolute atomic E-state index is 0.0781. The minimum Gasteiger partial charge on any atom is -0.336 e. The van der Waals surface area contributed by atoms with Crippen LogP contribution in [0.25, 0.3) is 0 Å². The van der Waals surface area contributed by atoms with Crippen LogP contribution in [-0.2, 0) is 10.0 Å². The van der Waals surface area contributed by atoms with E-state index in [1.807, 2.05) is 18.2 Å². The van der Waals surface area contributed by atoms with Crippen LogP contribution in [0.1, 0.15) is 10.4 Å². The Morgan fingerprint density at radius 1 is 1.04 bits per heavy atom. The maximum absolute atomic E-state index is 12.5. The van der Waals surface area contributed by atoms with Crippen molar-refractivity contribution in [3.63, 3.8) is 0 Å². The van der Waals surface area contributed by atoms with Gasteiger partial charge in [-0.3, -0.25) is 4.79 Å². The van der Waals surface area contributed by atoms with Crippen molar-refractivity contribution in [1.29, 1.82) is 0 Å². The first-order valence-electron chi connectivity index (χ1n) is 7.07. The van der Waals surface area contributed by atoms with Gasteiger partial charge >= 0.3 is 0 Å². The van der Waals surface area contributed by atoms with Crippen LogP contribution in [0.5, 0.6) is 0 Å². The normalized spacial score (nSPS) is 16.5. The lowest BCUT2D eigenvalue weighted by molar-refractivity contribution is 0.0697. The first-order valence-corrected chi connectivity index (χ1v) is 10.2. The summed E-state index contributed by atoms with van der Waals surface area (Å²) in [5.74, 6) is -0.0781. The van der Waals surface area contributed by atoms with Crippen molar-refractivity contribution in [3.05, 3.63) is 51.8 Å². The number of amides is 1. The number of hydrogen-bond donors (Lipinski definition) is 0. The molecule has 0 aliphatic carbocycles. The number of sulfonamides is 1. The molecule has 1 fully saturated rings. The van der Waals surface area contributed by atoms with E-state index < -0.39 is 10.0 Å². The molecule has 0 N–H and O–H groups in total. The van der Waals surface area contributed by atoms with Crippen LogP contribution in [0.3, 0.4) is 0 Å². The second-order valence-electron chi connectivity index (χ2n) is 5.11. The fourth-order valence-corrected chi connectivity index (χ4v) is 5.50. The molecule has 3 rings (SSSR count). The van der Waals surface area contributed by atoms with Gasteiger partial charge in [0.05, 0.1) is 5.56 Å². The van der Waals surface area contributed by atoms with Crippen molar-refractivity contribution in [2.45, 2.75) is 4.21 Å². The van der Waals surface area contributed by atoms with E-state index in [1.165, 1.54) is 15.6 Å². The number of thiophene rings is 1. The summed E-state index contributed by atoms with van der Waals surface area (Å²) in [6.45, 7) is 1.42. The summed E-state index contributed by atoms with van der Waals surface area (Å²) in [6.07, 6.45) is 0. The van der Waals surface area contributed by atoms with Gasteiger partial charge in [-0.15, -0.1) is 11.3 Å². The van der Waals surface area contributed by atoms with Crippen LogP contribution in [0.2, 0.25) is 0 Å². The number of benzene rings is 1. The highest BCUT2D eigenvalue weighted by Crippen LogP contribution is 2.23. The molecule has 0 unspecified atom stereocenters. The predicted molar refractivity (Wildman–Crippen MR) is 93.1 cm³/mol. The monoisotopic (exact) mass is 414 g/mol. The number of carbonyl (C=O) groups excluding carboxylic acids is 1. The maximum atomic E-state index is 12.5. The lowest BCUT2D eigenvalue weighted by Crippen LogP contribution is -2.50. The van der Waals surface area contributed by atoms with Crippen molar-refractivity contribution in [3.8, 4) is 0 Å². The third kappa shape index (κ3) is 3.35. The first-order chi connectivity index (χ1) is 11.0. The lowest BCUT2D eigenvalue weighted by atomic mass is 10.2. The van der Waals surface area contributed by atoms with Gasteiger partial charge in [-0.1, -0.05) is 18.2 Å². The van der Waals surface area contributed by atoms with E-state index in [-0.39, 0.29) is 5.91 Å². The van der Waals surface area contributed by atoms with Crippen molar-refractivity contribution >= 4 is 43.2 Å². The van der Waals surface area contributed by atoms with Gasteiger partial charge in [-0.25, -0.2) is 8.42 Å². The molecule has 122 valence electrons. The second-order valence-corrected chi connectivity index (χ2v) is 9.08. The molecule has 1 aliphatic heterocycles. The highest BCUT2D eigenvalue weighted by Gasteiger charge is 2.31. The Morgan fingerprint density at radius 3 is 2.35 bits per heavy atom. The average Bonchev–Trinajstić information content (AvgIpc) is 3.10. The zero-order valence-electron chi connectivity index (χ0n) is 12.2. The van der Waals surface area contributed by atoms with Gasteiger partial charge in [0, 0.05) is 30.7 Å². The van der Waals surface area contributed by atoms with Crippen LogP contribution in [0.15, 0.2) is 50.5 Å². The summed E-state index contributed by atoms with van der Waals surface area (Å²) < 4.78 is 27.5. The van der Waals surface area contributed by atoms with Crippen molar-refractivity contribution in [2.24, 2.45) is 0 Å². The number of piperazine rings is 1. The third-order valence-corrected chi connectivity index (χ3v) is 7.68. The van der Waals surface area contributed by atoms with Crippen LogP contribution < -0.4 is 0 Å². The fraction of sp³-hybridized carbons (Fsp3) is 0.267. The largest absolute Gasteiger partial charge is 0.336 e. The summed E-state index contributed by atoms with van der Waals surface area (Å²) >= 11 is 4.59. The molecule has 0 radical (unpaired) electrons. The Hall–Kier alpha value is -1.22. The van der Waals surface area contributed by atoms with Crippen LogP contribution in [-0.4, -0.2) is 49.7 Å². The minimum atomic E-state index is -3.44. The van der Waals surface area contributed by atoms with Crippen LogP contribution >= 0.6 is 27.3 Å². The van der Waals surface area contributed by atoms with Gasteiger partial charge in [-0.2, -0.15) is 4.31 Å². The van der Waals surface area contributed by atoms with Crippen molar-refractivity contribution in [2.75, 3.05) is 26.2 Å².